The van der Waals surface area contributed by atoms with Crippen molar-refractivity contribution in [2.45, 2.75) is 39.8 Å². The zero-order valence-corrected chi connectivity index (χ0v) is 11.1. The zero-order valence-electron chi connectivity index (χ0n) is 10.3. The van der Waals surface area contributed by atoms with Gasteiger partial charge in [-0.1, -0.05) is 0 Å². The molecule has 2 N–H and O–H groups in total. The van der Waals surface area contributed by atoms with Gasteiger partial charge in [-0.05, 0) is 27.7 Å². The number of hydrogen-bond donors (Lipinski definition) is 2. The molecule has 0 aromatic carbocycles. The number of hydrogen-bond acceptors (Lipinski definition) is 4. The molecule has 0 fully saturated rings. The van der Waals surface area contributed by atoms with Crippen LogP contribution in [0.1, 0.15) is 30.7 Å². The maximum atomic E-state index is 11.5. The van der Waals surface area contributed by atoms with Crippen molar-refractivity contribution in [1.29, 1.82) is 0 Å². The van der Waals surface area contributed by atoms with E-state index in [0.717, 1.165) is 9.88 Å². The lowest BCUT2D eigenvalue weighted by Crippen LogP contribution is -2.44. The van der Waals surface area contributed by atoms with Crippen molar-refractivity contribution in [3.8, 4) is 0 Å². The lowest BCUT2D eigenvalue weighted by atomic mass is 10.1. The summed E-state index contributed by atoms with van der Waals surface area (Å²) in [6, 6.07) is 0. The van der Waals surface area contributed by atoms with Crippen LogP contribution in [0.5, 0.6) is 0 Å². The minimum absolute atomic E-state index is 0.0220. The van der Waals surface area contributed by atoms with Crippen LogP contribution in [0.3, 0.4) is 0 Å². The first-order valence-corrected chi connectivity index (χ1v) is 6.11. The van der Waals surface area contributed by atoms with Gasteiger partial charge >= 0.3 is 0 Å². The van der Waals surface area contributed by atoms with E-state index >= 15 is 0 Å². The predicted octanol–water partition coefficient (Wildman–Crippen LogP) is 1.46. The van der Waals surface area contributed by atoms with E-state index in [0.29, 0.717) is 13.1 Å². The van der Waals surface area contributed by atoms with Crippen LogP contribution in [0.15, 0.2) is 6.20 Å². The molecule has 1 rings (SSSR count). The van der Waals surface area contributed by atoms with Crippen molar-refractivity contribution in [3.05, 3.63) is 16.1 Å². The third-order valence-electron chi connectivity index (χ3n) is 1.77. The van der Waals surface area contributed by atoms with Gasteiger partial charge in [0.2, 0.25) is 5.91 Å². The predicted molar refractivity (Wildman–Crippen MR) is 66.5 cm³/mol. The molecule has 90 valence electrons. The Morgan fingerprint density at radius 1 is 1.50 bits per heavy atom. The topological polar surface area (TPSA) is 54.0 Å². The third kappa shape index (κ3) is 5.23. The molecule has 0 aliphatic heterocycles. The van der Waals surface area contributed by atoms with E-state index in [-0.39, 0.29) is 11.4 Å². The molecule has 0 saturated carbocycles. The average molecular weight is 241 g/mol. The summed E-state index contributed by atoms with van der Waals surface area (Å²) in [5.74, 6) is 0.0220. The van der Waals surface area contributed by atoms with E-state index < -0.39 is 0 Å². The number of amides is 1. The first-order valence-electron chi connectivity index (χ1n) is 5.30. The molecule has 0 saturated heterocycles. The van der Waals surface area contributed by atoms with Crippen LogP contribution in [0.2, 0.25) is 0 Å². The van der Waals surface area contributed by atoms with E-state index in [1.807, 2.05) is 33.9 Å². The molecule has 0 aliphatic carbocycles. The molecular weight excluding hydrogens is 222 g/mol. The summed E-state index contributed by atoms with van der Waals surface area (Å²) < 4.78 is 0. The second-order valence-corrected chi connectivity index (χ2v) is 6.07. The number of nitrogens with zero attached hydrogens (tertiary/aromatic N) is 1. The number of carbonyl (C=O) groups excluding carboxylic acids is 1. The molecule has 0 spiro atoms. The van der Waals surface area contributed by atoms with E-state index in [1.165, 1.54) is 0 Å². The molecule has 1 aromatic heterocycles. The van der Waals surface area contributed by atoms with Crippen molar-refractivity contribution in [1.82, 2.24) is 15.6 Å². The van der Waals surface area contributed by atoms with Gasteiger partial charge < -0.3 is 10.6 Å². The molecule has 0 unspecified atom stereocenters. The molecular formula is C11H19N3OS. The number of aryl methyl sites for hydroxylation is 1. The molecule has 0 aliphatic rings. The fraction of sp³-hybridized carbons (Fsp3) is 0.636. The average Bonchev–Trinajstić information content (AvgIpc) is 2.48. The lowest BCUT2D eigenvalue weighted by Gasteiger charge is -2.20. The highest BCUT2D eigenvalue weighted by Gasteiger charge is 2.12. The largest absolute Gasteiger partial charge is 0.350 e. The van der Waals surface area contributed by atoms with Crippen molar-refractivity contribution >= 4 is 17.2 Å². The van der Waals surface area contributed by atoms with Crippen LogP contribution < -0.4 is 10.6 Å². The van der Waals surface area contributed by atoms with Crippen molar-refractivity contribution < 1.29 is 4.79 Å². The van der Waals surface area contributed by atoms with Crippen LogP contribution in [-0.4, -0.2) is 23.0 Å². The van der Waals surface area contributed by atoms with Gasteiger partial charge in [-0.2, -0.15) is 0 Å². The van der Waals surface area contributed by atoms with Gasteiger partial charge in [0.05, 0.1) is 11.6 Å². The number of rotatable bonds is 4. The Morgan fingerprint density at radius 2 is 2.19 bits per heavy atom. The summed E-state index contributed by atoms with van der Waals surface area (Å²) in [5.41, 5.74) is -0.167. The summed E-state index contributed by atoms with van der Waals surface area (Å²) in [6.45, 7) is 8.92. The Bertz CT molecular complexity index is 354. The fourth-order valence-corrected chi connectivity index (χ4v) is 2.01. The SMILES string of the molecule is Cc1ncc(CNCC(=O)NC(C)(C)C)s1. The van der Waals surface area contributed by atoms with Crippen LogP contribution in [-0.2, 0) is 11.3 Å². The van der Waals surface area contributed by atoms with E-state index in [9.17, 15) is 4.79 Å². The molecule has 0 radical (unpaired) electrons. The summed E-state index contributed by atoms with van der Waals surface area (Å²) in [6.07, 6.45) is 1.84. The van der Waals surface area contributed by atoms with Gasteiger partial charge in [0, 0.05) is 23.2 Å². The Morgan fingerprint density at radius 3 is 2.69 bits per heavy atom. The van der Waals surface area contributed by atoms with Gasteiger partial charge in [-0.25, -0.2) is 4.98 Å². The molecule has 1 amide bonds. The Kier molecular flexibility index (Phi) is 4.44. The Balaban J connectivity index is 2.23. The highest BCUT2D eigenvalue weighted by Crippen LogP contribution is 2.10. The van der Waals surface area contributed by atoms with Gasteiger partial charge in [-0.15, -0.1) is 11.3 Å². The zero-order chi connectivity index (χ0) is 12.2. The number of nitrogens with one attached hydrogen (secondary N) is 2. The lowest BCUT2D eigenvalue weighted by molar-refractivity contribution is -0.121. The standard InChI is InChI=1S/C11H19N3OS/c1-8-13-6-9(16-8)5-12-7-10(15)14-11(2,3)4/h6,12H,5,7H2,1-4H3,(H,14,15). The van der Waals surface area contributed by atoms with Gasteiger partial charge in [-0.3, -0.25) is 4.79 Å². The fourth-order valence-electron chi connectivity index (χ4n) is 1.25. The first kappa shape index (κ1) is 13.1. The molecule has 5 heteroatoms. The first-order chi connectivity index (χ1) is 7.37. The van der Waals surface area contributed by atoms with Crippen LogP contribution in [0.25, 0.3) is 0 Å². The second kappa shape index (κ2) is 5.41. The Hall–Kier alpha value is -0.940. The second-order valence-electron chi connectivity index (χ2n) is 4.75. The van der Waals surface area contributed by atoms with Crippen molar-refractivity contribution in [2.75, 3.05) is 6.54 Å². The summed E-state index contributed by atoms with van der Waals surface area (Å²) >= 11 is 1.65. The van der Waals surface area contributed by atoms with E-state index in [1.54, 1.807) is 11.3 Å². The van der Waals surface area contributed by atoms with Gasteiger partial charge in [0.15, 0.2) is 0 Å². The van der Waals surface area contributed by atoms with Crippen LogP contribution in [0, 0.1) is 6.92 Å². The maximum absolute atomic E-state index is 11.5. The highest BCUT2D eigenvalue weighted by molar-refractivity contribution is 7.11. The van der Waals surface area contributed by atoms with Gasteiger partial charge in [0.25, 0.3) is 0 Å². The highest BCUT2D eigenvalue weighted by atomic mass is 32.1. The van der Waals surface area contributed by atoms with Crippen molar-refractivity contribution in [2.24, 2.45) is 0 Å². The van der Waals surface area contributed by atoms with Crippen LogP contribution >= 0.6 is 11.3 Å². The minimum atomic E-state index is -0.167. The Labute approximate surface area is 100 Å². The van der Waals surface area contributed by atoms with E-state index in [4.69, 9.17) is 0 Å². The monoisotopic (exact) mass is 241 g/mol. The maximum Gasteiger partial charge on any atom is 0.234 e. The summed E-state index contributed by atoms with van der Waals surface area (Å²) in [4.78, 5) is 16.8. The molecule has 1 aromatic rings. The molecule has 0 atom stereocenters. The van der Waals surface area contributed by atoms with Gasteiger partial charge in [0.1, 0.15) is 0 Å². The molecule has 4 nitrogen and oxygen atoms in total. The number of aromatic nitrogens is 1. The van der Waals surface area contributed by atoms with E-state index in [2.05, 4.69) is 15.6 Å². The molecule has 0 bridgehead atoms. The number of carbonyl (C=O) groups is 1. The van der Waals surface area contributed by atoms with Crippen molar-refractivity contribution in [3.63, 3.8) is 0 Å². The van der Waals surface area contributed by atoms with Crippen LogP contribution in [0.4, 0.5) is 0 Å². The third-order valence-corrected chi connectivity index (χ3v) is 2.68. The smallest absolute Gasteiger partial charge is 0.234 e. The number of thiazole rings is 1. The molecule has 1 heterocycles. The summed E-state index contributed by atoms with van der Waals surface area (Å²) in [5, 5.41) is 7.04. The minimum Gasteiger partial charge on any atom is -0.350 e. The quantitative estimate of drug-likeness (QED) is 0.839. The molecule has 16 heavy (non-hydrogen) atoms. The normalized spacial score (nSPS) is 11.5. The summed E-state index contributed by atoms with van der Waals surface area (Å²) in [7, 11) is 0.